The maximum Gasteiger partial charge on any atom is 0.336 e. The van der Waals surface area contributed by atoms with Gasteiger partial charge in [0.1, 0.15) is 31.0 Å². The molecule has 1 saturated heterocycles. The van der Waals surface area contributed by atoms with Crippen molar-refractivity contribution in [3.8, 4) is 5.75 Å². The lowest BCUT2D eigenvalue weighted by Gasteiger charge is -2.38. The normalized spacial score (nSPS) is 23.5. The molecule has 0 unspecified atom stereocenters. The van der Waals surface area contributed by atoms with E-state index in [4.69, 9.17) is 53.4 Å². The van der Waals surface area contributed by atoms with Crippen molar-refractivity contribution in [2.24, 2.45) is 0 Å². The Balaban J connectivity index is 0.000000378. The van der Waals surface area contributed by atoms with Crippen molar-refractivity contribution in [2.75, 3.05) is 19.5 Å². The zero-order valence-electron chi connectivity index (χ0n) is 18.8. The molecule has 5 atom stereocenters. The maximum atomic E-state index is 11.1. The summed E-state index contributed by atoms with van der Waals surface area (Å²) >= 11 is 12.2. The summed E-state index contributed by atoms with van der Waals surface area (Å²) < 4.78 is 15.3. The predicted octanol–water partition coefficient (Wildman–Crippen LogP) is 2.02. The van der Waals surface area contributed by atoms with Gasteiger partial charge < -0.3 is 45.5 Å². The minimum Gasteiger partial charge on any atom is -0.486 e. The van der Waals surface area contributed by atoms with Crippen molar-refractivity contribution in [3.63, 3.8) is 0 Å². The van der Waals surface area contributed by atoms with Crippen LogP contribution in [0.4, 0.5) is 5.69 Å². The van der Waals surface area contributed by atoms with Gasteiger partial charge in [-0.3, -0.25) is 0 Å². The number of nitrogen functional groups attached to an aromatic ring is 1. The van der Waals surface area contributed by atoms with Gasteiger partial charge in [-0.15, -0.1) is 12.4 Å². The van der Waals surface area contributed by atoms with Crippen molar-refractivity contribution in [1.29, 1.82) is 0 Å². The highest BCUT2D eigenvalue weighted by atomic mass is 35.5. The largest absolute Gasteiger partial charge is 0.486 e. The van der Waals surface area contributed by atoms with Crippen LogP contribution >= 0.6 is 35.6 Å². The molecule has 0 aliphatic carbocycles. The van der Waals surface area contributed by atoms with E-state index in [0.29, 0.717) is 11.3 Å². The first-order valence-corrected chi connectivity index (χ1v) is 10.8. The van der Waals surface area contributed by atoms with E-state index < -0.39 is 43.3 Å². The third-order valence-electron chi connectivity index (χ3n) is 5.07. The van der Waals surface area contributed by atoms with Crippen LogP contribution in [0.1, 0.15) is 21.5 Å². The van der Waals surface area contributed by atoms with Crippen molar-refractivity contribution in [3.05, 3.63) is 57.1 Å². The molecule has 3 rings (SSSR count). The molecule has 0 radical (unpaired) electrons. The van der Waals surface area contributed by atoms with E-state index in [1.807, 2.05) is 12.1 Å². The van der Waals surface area contributed by atoms with Crippen molar-refractivity contribution < 1.29 is 44.5 Å². The second-order valence-corrected chi connectivity index (χ2v) is 8.23. The molecule has 0 spiro atoms. The first-order chi connectivity index (χ1) is 16.0. The standard InChI is InChI=1S/C15H13Cl2NO3.C7H14O6.ClH/c1-8-11(15(19)20)6-12(16)14(13(8)17)21-7-9-3-2-4-10(18)5-9;1-12-7-6(11)5(10)4(9)3(2-8)13-7;/h2-6H,7,18H2,1H3,(H,19,20);3-11H,2H2,1H3;1H/t;3-,4-,5+,6-,7+;/m.1./s1. The van der Waals surface area contributed by atoms with Crippen LogP contribution in [-0.2, 0) is 16.1 Å². The summed E-state index contributed by atoms with van der Waals surface area (Å²) in [6.07, 6.45) is -5.91. The second-order valence-electron chi connectivity index (χ2n) is 7.45. The predicted molar refractivity (Wildman–Crippen MR) is 131 cm³/mol. The second kappa shape index (κ2) is 14.0. The Hall–Kier alpha value is -1.86. The number of aliphatic hydroxyl groups excluding tert-OH is 4. The number of ether oxygens (including phenoxy) is 3. The maximum absolute atomic E-state index is 11.1. The molecule has 0 bridgehead atoms. The smallest absolute Gasteiger partial charge is 0.336 e. The van der Waals surface area contributed by atoms with Gasteiger partial charge in [-0.1, -0.05) is 35.3 Å². The van der Waals surface area contributed by atoms with Gasteiger partial charge >= 0.3 is 5.97 Å². The van der Waals surface area contributed by atoms with E-state index >= 15 is 0 Å². The average Bonchev–Trinajstić information content (AvgIpc) is 2.80. The summed E-state index contributed by atoms with van der Waals surface area (Å²) in [6, 6.07) is 8.56. The van der Waals surface area contributed by atoms with Crippen LogP contribution in [0.3, 0.4) is 0 Å². The van der Waals surface area contributed by atoms with Gasteiger partial charge in [0.15, 0.2) is 12.0 Å². The molecule has 35 heavy (non-hydrogen) atoms. The molecule has 0 saturated carbocycles. The molecular weight excluding hydrogens is 529 g/mol. The number of aromatic carboxylic acids is 1. The number of carbonyl (C=O) groups is 1. The van der Waals surface area contributed by atoms with E-state index in [0.717, 1.165) is 5.56 Å². The summed E-state index contributed by atoms with van der Waals surface area (Å²) in [5.74, 6) is -0.818. The summed E-state index contributed by atoms with van der Waals surface area (Å²) in [5.41, 5.74) is 7.65. The number of aliphatic hydroxyl groups is 4. The number of halogens is 3. The molecule has 10 nitrogen and oxygen atoms in total. The van der Waals surface area contributed by atoms with Crippen LogP contribution in [0.2, 0.25) is 10.0 Å². The Bertz CT molecular complexity index is 975. The van der Waals surface area contributed by atoms with Gasteiger partial charge in [0.2, 0.25) is 0 Å². The van der Waals surface area contributed by atoms with Crippen molar-refractivity contribution in [1.82, 2.24) is 0 Å². The number of carboxylic acid groups (broad SMARTS) is 1. The summed E-state index contributed by atoms with van der Waals surface area (Å²) in [7, 11) is 1.30. The highest BCUT2D eigenvalue weighted by Crippen LogP contribution is 2.38. The SMILES string of the molecule is CO[C@H]1O[C@H](CO)[C@@H](O)[C@H](O)[C@H]1O.Cc1c(C(=O)O)cc(Cl)c(OCc2cccc(N)c2)c1Cl.Cl. The Morgan fingerprint density at radius 2 is 1.80 bits per heavy atom. The monoisotopic (exact) mass is 555 g/mol. The molecule has 1 aliphatic heterocycles. The van der Waals surface area contributed by atoms with Crippen LogP contribution in [0.5, 0.6) is 5.75 Å². The number of rotatable bonds is 6. The molecule has 0 amide bonds. The van der Waals surface area contributed by atoms with E-state index in [-0.39, 0.29) is 40.4 Å². The van der Waals surface area contributed by atoms with Gasteiger partial charge in [0, 0.05) is 12.8 Å². The van der Waals surface area contributed by atoms with E-state index in [1.54, 1.807) is 19.1 Å². The molecule has 196 valence electrons. The van der Waals surface area contributed by atoms with Gasteiger partial charge in [0.05, 0.1) is 22.2 Å². The van der Waals surface area contributed by atoms with Gasteiger partial charge in [-0.05, 0) is 36.2 Å². The fraction of sp³-hybridized carbons (Fsp3) is 0.409. The van der Waals surface area contributed by atoms with E-state index in [2.05, 4.69) is 0 Å². The highest BCUT2D eigenvalue weighted by Gasteiger charge is 2.43. The minimum atomic E-state index is -1.36. The van der Waals surface area contributed by atoms with Gasteiger partial charge in [0.25, 0.3) is 0 Å². The Morgan fingerprint density at radius 1 is 1.14 bits per heavy atom. The Morgan fingerprint density at radius 3 is 2.34 bits per heavy atom. The number of benzene rings is 2. The van der Waals surface area contributed by atoms with E-state index in [1.165, 1.54) is 13.2 Å². The Kier molecular flexibility index (Phi) is 12.5. The Labute approximate surface area is 218 Å². The molecular formula is C22H28Cl3NO9. The molecule has 13 heteroatoms. The molecule has 0 aromatic heterocycles. The number of hydrogen-bond donors (Lipinski definition) is 6. The lowest BCUT2D eigenvalue weighted by atomic mass is 9.99. The number of hydrogen-bond acceptors (Lipinski definition) is 9. The lowest BCUT2D eigenvalue weighted by Crippen LogP contribution is -2.58. The van der Waals surface area contributed by atoms with Gasteiger partial charge in [-0.2, -0.15) is 0 Å². The third kappa shape index (κ3) is 7.81. The molecule has 1 aliphatic rings. The van der Waals surface area contributed by atoms with Crippen LogP contribution in [0, 0.1) is 6.92 Å². The van der Waals surface area contributed by atoms with Crippen LogP contribution in [0.15, 0.2) is 30.3 Å². The van der Waals surface area contributed by atoms with Crippen LogP contribution in [-0.4, -0.2) is 75.9 Å². The summed E-state index contributed by atoms with van der Waals surface area (Å²) in [6.45, 7) is 1.40. The molecule has 1 fully saturated rings. The number of nitrogens with two attached hydrogens (primary N) is 1. The molecule has 7 N–H and O–H groups in total. The average molecular weight is 557 g/mol. The highest BCUT2D eigenvalue weighted by molar-refractivity contribution is 6.38. The first-order valence-electron chi connectivity index (χ1n) is 10.0. The molecule has 2 aromatic rings. The number of anilines is 1. The van der Waals surface area contributed by atoms with Crippen molar-refractivity contribution >= 4 is 47.3 Å². The van der Waals surface area contributed by atoms with Gasteiger partial charge in [-0.25, -0.2) is 4.79 Å². The van der Waals surface area contributed by atoms with Crippen LogP contribution in [0.25, 0.3) is 0 Å². The summed E-state index contributed by atoms with van der Waals surface area (Å²) in [5, 5.41) is 46.0. The topological polar surface area (TPSA) is 172 Å². The first kappa shape index (κ1) is 31.2. The quantitative estimate of drug-likeness (QED) is 0.289. The van der Waals surface area contributed by atoms with Crippen LogP contribution < -0.4 is 10.5 Å². The molecule has 2 aromatic carbocycles. The van der Waals surface area contributed by atoms with Crippen molar-refractivity contribution in [2.45, 2.75) is 44.2 Å². The minimum absolute atomic E-state index is 0. The van der Waals surface area contributed by atoms with E-state index in [9.17, 15) is 20.1 Å². The fourth-order valence-corrected chi connectivity index (χ4v) is 3.71. The lowest BCUT2D eigenvalue weighted by molar-refractivity contribution is -0.294. The fourth-order valence-electron chi connectivity index (χ4n) is 3.15. The number of methoxy groups -OCH3 is 1. The zero-order chi connectivity index (χ0) is 25.6. The summed E-state index contributed by atoms with van der Waals surface area (Å²) in [4.78, 5) is 11.1. The zero-order valence-corrected chi connectivity index (χ0v) is 21.1. The number of carboxylic acids is 1. The third-order valence-corrected chi connectivity index (χ3v) is 5.80. The molecule has 1 heterocycles.